The van der Waals surface area contributed by atoms with Gasteiger partial charge in [-0.15, -0.1) is 11.3 Å². The molecule has 0 bridgehead atoms. The zero-order chi connectivity index (χ0) is 20.3. The van der Waals surface area contributed by atoms with Crippen molar-refractivity contribution in [2.24, 2.45) is 0 Å². The Labute approximate surface area is 180 Å². The van der Waals surface area contributed by atoms with Crippen molar-refractivity contribution in [1.82, 2.24) is 14.5 Å². The van der Waals surface area contributed by atoms with Crippen LogP contribution in [0, 0.1) is 6.57 Å². The van der Waals surface area contributed by atoms with E-state index in [-0.39, 0.29) is 0 Å². The molecule has 4 nitrogen and oxygen atoms in total. The van der Waals surface area contributed by atoms with Gasteiger partial charge in [-0.3, -0.25) is 4.90 Å². The summed E-state index contributed by atoms with van der Waals surface area (Å²) in [6.07, 6.45) is 5.00. The van der Waals surface area contributed by atoms with E-state index >= 15 is 0 Å². The van der Waals surface area contributed by atoms with Gasteiger partial charge in [-0.25, -0.2) is 9.83 Å². The maximum Gasteiger partial charge on any atom is 0.187 e. The second-order valence-corrected chi connectivity index (χ2v) is 8.81. The lowest BCUT2D eigenvalue weighted by atomic mass is 10.1. The lowest BCUT2D eigenvalue weighted by Crippen LogP contribution is -2.30. The zero-order valence-electron chi connectivity index (χ0n) is 16.7. The first-order valence-electron chi connectivity index (χ1n) is 10.1. The van der Waals surface area contributed by atoms with E-state index < -0.39 is 0 Å². The smallest absolute Gasteiger partial charge is 0.187 e. The number of rotatable bonds is 5. The summed E-state index contributed by atoms with van der Waals surface area (Å²) in [5.74, 6) is 0. The van der Waals surface area contributed by atoms with E-state index in [1.807, 2.05) is 48.1 Å². The minimum Gasteiger partial charge on any atom is -0.329 e. The maximum atomic E-state index is 7.10. The summed E-state index contributed by atoms with van der Waals surface area (Å²) in [6.45, 7) is 10.8. The number of aromatic nitrogens is 2. The fourth-order valence-electron chi connectivity index (χ4n) is 4.00. The van der Waals surface area contributed by atoms with Gasteiger partial charge in [-0.05, 0) is 29.2 Å². The average molecular weight is 411 g/mol. The fraction of sp³-hybridized carbons (Fsp3) is 0.200. The molecule has 5 rings (SSSR count). The first-order valence-corrected chi connectivity index (χ1v) is 10.9. The van der Waals surface area contributed by atoms with Gasteiger partial charge in [0, 0.05) is 42.1 Å². The molecule has 2 aromatic carbocycles. The van der Waals surface area contributed by atoms with Crippen LogP contribution < -0.4 is 0 Å². The average Bonchev–Trinajstić information content (AvgIpc) is 3.41. The standard InChI is InChI=1S/C25H22N4S/c1-26-22-9-7-19(8-10-22)15-29-18-27-14-23(29)17-28-12-11-24-21(16-28)13-25(30-24)20-5-3-2-4-6-20/h2-10,13-14,18H,11-12,15-17H2. The third-order valence-corrected chi connectivity index (χ3v) is 6.89. The minimum atomic E-state index is 0.680. The first kappa shape index (κ1) is 18.8. The summed E-state index contributed by atoms with van der Waals surface area (Å²) < 4.78 is 2.21. The summed E-state index contributed by atoms with van der Waals surface area (Å²) in [7, 11) is 0. The van der Waals surface area contributed by atoms with E-state index in [0.29, 0.717) is 5.69 Å². The van der Waals surface area contributed by atoms with Crippen molar-refractivity contribution >= 4 is 17.0 Å². The van der Waals surface area contributed by atoms with E-state index in [4.69, 9.17) is 6.57 Å². The number of hydrogen-bond donors (Lipinski definition) is 0. The van der Waals surface area contributed by atoms with Gasteiger partial charge in [-0.2, -0.15) is 0 Å². The largest absolute Gasteiger partial charge is 0.329 e. The number of nitrogens with zero attached hydrogens (tertiary/aromatic N) is 4. The van der Waals surface area contributed by atoms with Gasteiger partial charge in [0.15, 0.2) is 5.69 Å². The number of benzene rings is 2. The normalized spacial score (nSPS) is 13.7. The SMILES string of the molecule is [C-]#[N+]c1ccc(Cn2cncc2CN2CCc3sc(-c4ccccc4)cc3C2)cc1. The Morgan fingerprint density at radius 3 is 2.67 bits per heavy atom. The van der Waals surface area contributed by atoms with Crippen LogP contribution in [-0.2, 0) is 26.1 Å². The van der Waals surface area contributed by atoms with Gasteiger partial charge in [0.25, 0.3) is 0 Å². The molecule has 0 spiro atoms. The molecule has 0 unspecified atom stereocenters. The molecule has 0 atom stereocenters. The van der Waals surface area contributed by atoms with Crippen LogP contribution in [0.5, 0.6) is 0 Å². The third kappa shape index (κ3) is 3.93. The summed E-state index contributed by atoms with van der Waals surface area (Å²) in [6, 6.07) is 20.9. The molecule has 3 heterocycles. The van der Waals surface area contributed by atoms with Crippen molar-refractivity contribution in [3.63, 3.8) is 0 Å². The number of hydrogen-bond acceptors (Lipinski definition) is 3. The molecule has 0 aliphatic carbocycles. The van der Waals surface area contributed by atoms with Gasteiger partial charge in [0.1, 0.15) is 0 Å². The molecule has 0 saturated heterocycles. The second kappa shape index (κ2) is 8.27. The summed E-state index contributed by atoms with van der Waals surface area (Å²) >= 11 is 1.94. The van der Waals surface area contributed by atoms with Gasteiger partial charge < -0.3 is 4.57 Å². The van der Waals surface area contributed by atoms with Crippen molar-refractivity contribution in [2.75, 3.05) is 6.54 Å². The van der Waals surface area contributed by atoms with Gasteiger partial charge in [0.05, 0.1) is 18.6 Å². The molecule has 148 valence electrons. The molecular weight excluding hydrogens is 388 g/mol. The van der Waals surface area contributed by atoms with Crippen LogP contribution in [-0.4, -0.2) is 21.0 Å². The molecule has 5 heteroatoms. The van der Waals surface area contributed by atoms with Gasteiger partial charge in [0.2, 0.25) is 0 Å². The highest BCUT2D eigenvalue weighted by Gasteiger charge is 2.20. The monoisotopic (exact) mass is 410 g/mol. The van der Waals surface area contributed by atoms with Crippen molar-refractivity contribution in [2.45, 2.75) is 26.1 Å². The molecule has 0 fully saturated rings. The van der Waals surface area contributed by atoms with E-state index in [1.54, 1.807) is 0 Å². The Morgan fingerprint density at radius 2 is 1.87 bits per heavy atom. The van der Waals surface area contributed by atoms with Crippen molar-refractivity contribution in [3.05, 3.63) is 106 Å². The Morgan fingerprint density at radius 1 is 1.03 bits per heavy atom. The molecule has 0 saturated carbocycles. The molecule has 2 aromatic heterocycles. The lowest BCUT2D eigenvalue weighted by molar-refractivity contribution is 0.241. The summed E-state index contributed by atoms with van der Waals surface area (Å²) in [5.41, 5.74) is 5.87. The molecule has 0 N–H and O–H groups in total. The van der Waals surface area contributed by atoms with Gasteiger partial charge >= 0.3 is 0 Å². The number of imidazole rings is 1. The number of thiophene rings is 1. The summed E-state index contributed by atoms with van der Waals surface area (Å²) in [4.78, 5) is 13.3. The van der Waals surface area contributed by atoms with Crippen LogP contribution in [0.25, 0.3) is 15.3 Å². The Hall–Kier alpha value is -3.20. The van der Waals surface area contributed by atoms with Crippen LogP contribution in [0.4, 0.5) is 5.69 Å². The molecule has 30 heavy (non-hydrogen) atoms. The maximum absolute atomic E-state index is 7.10. The molecule has 0 radical (unpaired) electrons. The molecule has 0 amide bonds. The molecular formula is C25H22N4S. The fourth-order valence-corrected chi connectivity index (χ4v) is 5.16. The van der Waals surface area contributed by atoms with Crippen LogP contribution in [0.2, 0.25) is 0 Å². The van der Waals surface area contributed by atoms with Gasteiger partial charge in [-0.1, -0.05) is 54.6 Å². The second-order valence-electron chi connectivity index (χ2n) is 7.68. The Bertz CT molecular complexity index is 1180. The molecule has 1 aliphatic rings. The van der Waals surface area contributed by atoms with Crippen LogP contribution >= 0.6 is 11.3 Å². The van der Waals surface area contributed by atoms with E-state index in [0.717, 1.165) is 32.6 Å². The first-order chi connectivity index (χ1) is 14.8. The molecule has 4 aromatic rings. The van der Waals surface area contributed by atoms with Crippen molar-refractivity contribution < 1.29 is 0 Å². The number of fused-ring (bicyclic) bond motifs is 1. The van der Waals surface area contributed by atoms with E-state index in [2.05, 4.69) is 55.7 Å². The Kier molecular flexibility index (Phi) is 5.18. The predicted octanol–water partition coefficient (Wildman–Crippen LogP) is 5.77. The van der Waals surface area contributed by atoms with Crippen LogP contribution in [0.1, 0.15) is 21.7 Å². The highest BCUT2D eigenvalue weighted by Crippen LogP contribution is 2.35. The summed E-state index contributed by atoms with van der Waals surface area (Å²) in [5, 5.41) is 0. The Balaban J connectivity index is 1.28. The highest BCUT2D eigenvalue weighted by molar-refractivity contribution is 7.15. The van der Waals surface area contributed by atoms with Crippen molar-refractivity contribution in [3.8, 4) is 10.4 Å². The van der Waals surface area contributed by atoms with Crippen LogP contribution in [0.15, 0.2) is 73.2 Å². The highest BCUT2D eigenvalue weighted by atomic mass is 32.1. The molecule has 1 aliphatic heterocycles. The third-order valence-electron chi connectivity index (χ3n) is 5.61. The quantitative estimate of drug-likeness (QED) is 0.390. The van der Waals surface area contributed by atoms with Crippen LogP contribution in [0.3, 0.4) is 0 Å². The minimum absolute atomic E-state index is 0.680. The van der Waals surface area contributed by atoms with Crippen molar-refractivity contribution in [1.29, 1.82) is 0 Å². The zero-order valence-corrected chi connectivity index (χ0v) is 17.5. The van der Waals surface area contributed by atoms with E-state index in [9.17, 15) is 0 Å². The lowest BCUT2D eigenvalue weighted by Gasteiger charge is -2.27. The predicted molar refractivity (Wildman–Crippen MR) is 122 cm³/mol. The topological polar surface area (TPSA) is 25.4 Å². The van der Waals surface area contributed by atoms with E-state index in [1.165, 1.54) is 32.1 Å².